The summed E-state index contributed by atoms with van der Waals surface area (Å²) in [5.41, 5.74) is 3.49. The second-order valence-electron chi connectivity index (χ2n) is 6.73. The Morgan fingerprint density at radius 3 is 2.36 bits per heavy atom. The molecule has 1 heterocycles. The zero-order valence-electron chi connectivity index (χ0n) is 16.2. The second kappa shape index (κ2) is 8.12. The summed E-state index contributed by atoms with van der Waals surface area (Å²) in [5, 5.41) is 2.78. The van der Waals surface area contributed by atoms with E-state index in [9.17, 15) is 14.4 Å². The molecule has 0 unspecified atom stereocenters. The van der Waals surface area contributed by atoms with E-state index in [1.165, 1.54) is 9.80 Å². The number of carbonyl (C=O) groups excluding carboxylic acids is 3. The Morgan fingerprint density at radius 2 is 1.71 bits per heavy atom. The van der Waals surface area contributed by atoms with Crippen LogP contribution in [0.5, 0.6) is 5.75 Å². The molecule has 0 aliphatic carbocycles. The Hall–Kier alpha value is -3.35. The minimum Gasteiger partial charge on any atom is -0.497 e. The minimum atomic E-state index is -0.683. The van der Waals surface area contributed by atoms with Crippen molar-refractivity contribution in [2.75, 3.05) is 37.0 Å². The lowest BCUT2D eigenvalue weighted by Gasteiger charge is -2.33. The molecule has 1 fully saturated rings. The lowest BCUT2D eigenvalue weighted by Crippen LogP contribution is -2.56. The average Bonchev–Trinajstić information content (AvgIpc) is 2.69. The van der Waals surface area contributed by atoms with Crippen molar-refractivity contribution in [2.24, 2.45) is 0 Å². The molecule has 0 aromatic heterocycles. The number of nitrogens with zero attached hydrogens (tertiary/aromatic N) is 2. The second-order valence-corrected chi connectivity index (χ2v) is 6.73. The lowest BCUT2D eigenvalue weighted by molar-refractivity contribution is -0.147. The molecule has 0 saturated carbocycles. The maximum atomic E-state index is 12.5. The van der Waals surface area contributed by atoms with E-state index in [-0.39, 0.29) is 19.0 Å². The quantitative estimate of drug-likeness (QED) is 0.805. The fourth-order valence-electron chi connectivity index (χ4n) is 3.03. The van der Waals surface area contributed by atoms with Crippen LogP contribution in [0.4, 0.5) is 11.4 Å². The standard InChI is InChI=1S/C21H23N3O4/c1-14-4-5-16(12-15(14)2)22-19(25)13-23-10-11-24(21(27)20(23)26)17-6-8-18(28-3)9-7-17/h4-9,12H,10-11,13H2,1-3H3,(H,22,25). The highest BCUT2D eigenvalue weighted by atomic mass is 16.5. The maximum absolute atomic E-state index is 12.5. The third-order valence-electron chi connectivity index (χ3n) is 4.82. The number of aryl methyl sites for hydroxylation is 2. The predicted molar refractivity (Wildman–Crippen MR) is 106 cm³/mol. The van der Waals surface area contributed by atoms with Gasteiger partial charge in [0, 0.05) is 24.5 Å². The molecule has 2 aromatic rings. The van der Waals surface area contributed by atoms with Gasteiger partial charge in [-0.25, -0.2) is 0 Å². The highest BCUT2D eigenvalue weighted by Gasteiger charge is 2.34. The molecule has 7 nitrogen and oxygen atoms in total. The highest BCUT2D eigenvalue weighted by Crippen LogP contribution is 2.21. The Balaban J connectivity index is 1.62. The number of benzene rings is 2. The largest absolute Gasteiger partial charge is 0.497 e. The van der Waals surface area contributed by atoms with Crippen molar-refractivity contribution < 1.29 is 19.1 Å². The Morgan fingerprint density at radius 1 is 1.00 bits per heavy atom. The fraction of sp³-hybridized carbons (Fsp3) is 0.286. The first-order valence-electron chi connectivity index (χ1n) is 9.01. The van der Waals surface area contributed by atoms with Crippen LogP contribution >= 0.6 is 0 Å². The van der Waals surface area contributed by atoms with E-state index in [1.54, 1.807) is 31.4 Å². The van der Waals surface area contributed by atoms with E-state index >= 15 is 0 Å². The average molecular weight is 381 g/mol. The number of anilines is 2. The van der Waals surface area contributed by atoms with Crippen LogP contribution in [-0.2, 0) is 14.4 Å². The molecule has 1 saturated heterocycles. The minimum absolute atomic E-state index is 0.159. The van der Waals surface area contributed by atoms with Crippen LogP contribution in [0.3, 0.4) is 0 Å². The van der Waals surface area contributed by atoms with Crippen LogP contribution in [0.15, 0.2) is 42.5 Å². The molecular weight excluding hydrogens is 358 g/mol. The highest BCUT2D eigenvalue weighted by molar-refractivity contribution is 6.41. The van der Waals surface area contributed by atoms with Gasteiger partial charge in [0.05, 0.1) is 7.11 Å². The van der Waals surface area contributed by atoms with Crippen molar-refractivity contribution >= 4 is 29.1 Å². The molecule has 3 rings (SSSR count). The summed E-state index contributed by atoms with van der Waals surface area (Å²) >= 11 is 0. The molecule has 2 aromatic carbocycles. The van der Waals surface area contributed by atoms with E-state index in [4.69, 9.17) is 4.74 Å². The summed E-state index contributed by atoms with van der Waals surface area (Å²) in [6.07, 6.45) is 0. The zero-order chi connectivity index (χ0) is 20.3. The zero-order valence-corrected chi connectivity index (χ0v) is 16.2. The SMILES string of the molecule is COc1ccc(N2CCN(CC(=O)Nc3ccc(C)c(C)c3)C(=O)C2=O)cc1. The van der Waals surface area contributed by atoms with Gasteiger partial charge < -0.3 is 19.9 Å². The molecule has 1 aliphatic heterocycles. The van der Waals surface area contributed by atoms with Crippen molar-refractivity contribution in [2.45, 2.75) is 13.8 Å². The van der Waals surface area contributed by atoms with Crippen LogP contribution in [0.25, 0.3) is 0 Å². The molecule has 0 radical (unpaired) electrons. The van der Waals surface area contributed by atoms with Gasteiger partial charge in [-0.3, -0.25) is 14.4 Å². The van der Waals surface area contributed by atoms with Crippen molar-refractivity contribution in [3.05, 3.63) is 53.6 Å². The molecule has 0 atom stereocenters. The molecule has 0 bridgehead atoms. The van der Waals surface area contributed by atoms with Gasteiger partial charge in [0.25, 0.3) is 0 Å². The third-order valence-corrected chi connectivity index (χ3v) is 4.82. The number of rotatable bonds is 5. The number of piperazine rings is 1. The van der Waals surface area contributed by atoms with E-state index in [1.807, 2.05) is 32.0 Å². The monoisotopic (exact) mass is 381 g/mol. The number of amides is 3. The van der Waals surface area contributed by atoms with Crippen LogP contribution in [-0.4, -0.2) is 49.4 Å². The van der Waals surface area contributed by atoms with Gasteiger partial charge in [-0.15, -0.1) is 0 Å². The number of hydrogen-bond donors (Lipinski definition) is 1. The number of carbonyl (C=O) groups is 3. The van der Waals surface area contributed by atoms with Gasteiger partial charge in [-0.05, 0) is 61.4 Å². The number of nitrogens with one attached hydrogen (secondary N) is 1. The Bertz CT molecular complexity index is 908. The van der Waals surface area contributed by atoms with Crippen LogP contribution < -0.4 is 15.0 Å². The van der Waals surface area contributed by atoms with Gasteiger partial charge >= 0.3 is 11.8 Å². The maximum Gasteiger partial charge on any atom is 0.316 e. The Labute approximate surface area is 163 Å². The molecule has 1 aliphatic rings. The van der Waals surface area contributed by atoms with Crippen molar-refractivity contribution in [3.63, 3.8) is 0 Å². The van der Waals surface area contributed by atoms with Gasteiger partial charge in [0.1, 0.15) is 12.3 Å². The smallest absolute Gasteiger partial charge is 0.316 e. The van der Waals surface area contributed by atoms with Gasteiger partial charge in [0.2, 0.25) is 5.91 Å². The van der Waals surface area contributed by atoms with Gasteiger partial charge in [-0.2, -0.15) is 0 Å². The van der Waals surface area contributed by atoms with Crippen LogP contribution in [0.1, 0.15) is 11.1 Å². The number of ether oxygens (including phenoxy) is 1. The van der Waals surface area contributed by atoms with E-state index in [0.717, 1.165) is 11.1 Å². The van der Waals surface area contributed by atoms with E-state index in [0.29, 0.717) is 23.7 Å². The molecule has 0 spiro atoms. The predicted octanol–water partition coefficient (Wildman–Crippen LogP) is 2.13. The summed E-state index contributed by atoms with van der Waals surface area (Å²) in [6.45, 7) is 4.41. The molecular formula is C21H23N3O4. The van der Waals surface area contributed by atoms with Gasteiger partial charge in [0.15, 0.2) is 0 Å². The van der Waals surface area contributed by atoms with Gasteiger partial charge in [-0.1, -0.05) is 6.07 Å². The first kappa shape index (κ1) is 19.4. The molecule has 146 valence electrons. The molecule has 1 N–H and O–H groups in total. The molecule has 3 amide bonds. The first-order chi connectivity index (χ1) is 13.4. The van der Waals surface area contributed by atoms with Crippen molar-refractivity contribution in [3.8, 4) is 5.75 Å². The lowest BCUT2D eigenvalue weighted by atomic mass is 10.1. The normalized spacial score (nSPS) is 14.2. The fourth-order valence-corrected chi connectivity index (χ4v) is 3.03. The summed E-state index contributed by atoms with van der Waals surface area (Å²) in [7, 11) is 1.56. The third kappa shape index (κ3) is 4.14. The number of hydrogen-bond acceptors (Lipinski definition) is 4. The Kier molecular flexibility index (Phi) is 5.63. The molecule has 28 heavy (non-hydrogen) atoms. The van der Waals surface area contributed by atoms with Crippen molar-refractivity contribution in [1.29, 1.82) is 0 Å². The van der Waals surface area contributed by atoms with Crippen LogP contribution in [0, 0.1) is 13.8 Å². The van der Waals surface area contributed by atoms with Crippen LogP contribution in [0.2, 0.25) is 0 Å². The topological polar surface area (TPSA) is 79.0 Å². The summed E-state index contributed by atoms with van der Waals surface area (Å²) in [6, 6.07) is 12.5. The first-order valence-corrected chi connectivity index (χ1v) is 9.01. The molecule has 7 heteroatoms. The van der Waals surface area contributed by atoms with E-state index in [2.05, 4.69) is 5.32 Å². The summed E-state index contributed by atoms with van der Waals surface area (Å²) < 4.78 is 5.10. The van der Waals surface area contributed by atoms with E-state index < -0.39 is 11.8 Å². The summed E-state index contributed by atoms with van der Waals surface area (Å²) in [4.78, 5) is 39.9. The van der Waals surface area contributed by atoms with Crippen molar-refractivity contribution in [1.82, 2.24) is 4.90 Å². The number of methoxy groups -OCH3 is 1. The summed E-state index contributed by atoms with van der Waals surface area (Å²) in [5.74, 6) is -0.987.